The number of carboxylic acid groups (broad SMARTS) is 1. The van der Waals surface area contributed by atoms with Crippen molar-refractivity contribution in [3.8, 4) is 11.5 Å². The first kappa shape index (κ1) is 21.8. The Kier molecular flexibility index (Phi) is 5.95. The van der Waals surface area contributed by atoms with Crippen LogP contribution in [0.25, 0.3) is 10.8 Å². The van der Waals surface area contributed by atoms with Crippen LogP contribution in [0.15, 0.2) is 72.8 Å². The number of hydrogen-bond acceptors (Lipinski definition) is 4. The molecule has 0 fully saturated rings. The first-order valence-electron chi connectivity index (χ1n) is 10.1. The van der Waals surface area contributed by atoms with Crippen LogP contribution in [0, 0.1) is 5.82 Å². The molecule has 0 aliphatic rings. The summed E-state index contributed by atoms with van der Waals surface area (Å²) < 4.78 is 13.0. The molecule has 0 bridgehead atoms. The van der Waals surface area contributed by atoms with Gasteiger partial charge in [-0.3, -0.25) is 4.79 Å². The molecule has 0 aliphatic carbocycles. The van der Waals surface area contributed by atoms with Crippen molar-refractivity contribution in [2.45, 2.75) is 13.0 Å². The van der Waals surface area contributed by atoms with Gasteiger partial charge in [0.05, 0.1) is 5.56 Å². The van der Waals surface area contributed by atoms with Crippen LogP contribution in [0.1, 0.15) is 37.4 Å². The van der Waals surface area contributed by atoms with Gasteiger partial charge in [-0.25, -0.2) is 9.18 Å². The maximum absolute atomic E-state index is 13.0. The fourth-order valence-corrected chi connectivity index (χ4v) is 3.58. The molecule has 0 heterocycles. The van der Waals surface area contributed by atoms with Gasteiger partial charge in [-0.1, -0.05) is 30.3 Å². The zero-order valence-electron chi connectivity index (χ0n) is 17.4. The zero-order chi connectivity index (χ0) is 23.5. The molecule has 33 heavy (non-hydrogen) atoms. The quantitative estimate of drug-likeness (QED) is 0.347. The average molecular weight is 445 g/mol. The minimum absolute atomic E-state index is 0.101. The normalized spacial score (nSPS) is 10.8. The van der Waals surface area contributed by atoms with Crippen LogP contribution < -0.4 is 5.32 Å². The van der Waals surface area contributed by atoms with Crippen LogP contribution >= 0.6 is 0 Å². The number of hydrogen-bond donors (Lipinski definition) is 4. The maximum Gasteiger partial charge on any atom is 0.335 e. The van der Waals surface area contributed by atoms with Gasteiger partial charge in [-0.05, 0) is 59.0 Å². The van der Waals surface area contributed by atoms with E-state index in [0.717, 1.165) is 5.56 Å². The number of aromatic hydroxyl groups is 2. The van der Waals surface area contributed by atoms with E-state index >= 15 is 0 Å². The Hall–Kier alpha value is -4.39. The molecule has 0 aromatic heterocycles. The number of phenols is 2. The molecular weight excluding hydrogens is 425 g/mol. The summed E-state index contributed by atoms with van der Waals surface area (Å²) in [6.07, 6.45) is 0.175. The van der Waals surface area contributed by atoms with Crippen molar-refractivity contribution in [2.75, 3.05) is 0 Å². The number of amides is 1. The van der Waals surface area contributed by atoms with Gasteiger partial charge in [0.15, 0.2) is 0 Å². The van der Waals surface area contributed by atoms with E-state index < -0.39 is 5.97 Å². The molecule has 0 atom stereocenters. The SMILES string of the molecule is O=C(O)c1ccc(Cc2c(O)cc3ccc(C(=O)NCc4ccc(F)cc4)cc3c2O)cc1. The average Bonchev–Trinajstić information content (AvgIpc) is 2.81. The van der Waals surface area contributed by atoms with Crippen LogP contribution in [0.5, 0.6) is 11.5 Å². The topological polar surface area (TPSA) is 107 Å². The van der Waals surface area contributed by atoms with Gasteiger partial charge >= 0.3 is 5.97 Å². The third-order valence-electron chi connectivity index (χ3n) is 5.41. The van der Waals surface area contributed by atoms with Gasteiger partial charge in [-0.2, -0.15) is 0 Å². The summed E-state index contributed by atoms with van der Waals surface area (Å²) in [5.41, 5.74) is 2.19. The lowest BCUT2D eigenvalue weighted by Gasteiger charge is -2.12. The molecule has 0 saturated carbocycles. The van der Waals surface area contributed by atoms with E-state index in [1.807, 2.05) is 0 Å². The van der Waals surface area contributed by atoms with Gasteiger partial charge in [0.2, 0.25) is 0 Å². The minimum Gasteiger partial charge on any atom is -0.507 e. The number of nitrogens with one attached hydrogen (secondary N) is 1. The maximum atomic E-state index is 13.0. The Balaban J connectivity index is 1.59. The number of benzene rings is 4. The van der Waals surface area contributed by atoms with E-state index in [2.05, 4.69) is 5.32 Å². The number of fused-ring (bicyclic) bond motifs is 1. The highest BCUT2D eigenvalue weighted by molar-refractivity contribution is 6.01. The molecule has 4 aromatic rings. The Morgan fingerprint density at radius 1 is 0.818 bits per heavy atom. The van der Waals surface area contributed by atoms with Crippen LogP contribution in [0.2, 0.25) is 0 Å². The van der Waals surface area contributed by atoms with E-state index in [1.165, 1.54) is 30.3 Å². The molecule has 4 N–H and O–H groups in total. The fraction of sp³-hybridized carbons (Fsp3) is 0.0769. The smallest absolute Gasteiger partial charge is 0.335 e. The molecule has 7 heteroatoms. The summed E-state index contributed by atoms with van der Waals surface area (Å²) in [5.74, 6) is -2.01. The number of phenolic OH excluding ortho intramolecular Hbond substituents is 2. The van der Waals surface area contributed by atoms with Crippen molar-refractivity contribution < 1.29 is 29.3 Å². The predicted molar refractivity (Wildman–Crippen MR) is 121 cm³/mol. The Morgan fingerprint density at radius 3 is 2.12 bits per heavy atom. The summed E-state index contributed by atoms with van der Waals surface area (Å²) in [6.45, 7) is 0.219. The number of carboxylic acids is 1. The summed E-state index contributed by atoms with van der Waals surface area (Å²) in [7, 11) is 0. The highest BCUT2D eigenvalue weighted by atomic mass is 19.1. The zero-order valence-corrected chi connectivity index (χ0v) is 17.4. The Morgan fingerprint density at radius 2 is 1.45 bits per heavy atom. The molecule has 0 spiro atoms. The van der Waals surface area contributed by atoms with Crippen molar-refractivity contribution in [3.05, 3.63) is 106 Å². The van der Waals surface area contributed by atoms with Crippen LogP contribution in [-0.2, 0) is 13.0 Å². The second-order valence-electron chi connectivity index (χ2n) is 7.65. The predicted octanol–water partition coefficient (Wildman–Crippen LogP) is 4.61. The van der Waals surface area contributed by atoms with Gasteiger partial charge in [-0.15, -0.1) is 0 Å². The second kappa shape index (κ2) is 9.00. The summed E-state index contributed by atoms with van der Waals surface area (Å²) >= 11 is 0. The standard InChI is InChI=1S/C26H20FNO5/c27-20-9-3-16(4-10-20)14-28-25(31)19-8-7-18-13-23(29)22(24(30)21(18)12-19)11-15-1-5-17(6-2-15)26(32)33/h1-10,12-13,29-30H,11,14H2,(H,28,31)(H,32,33). The van der Waals surface area contributed by atoms with Crippen molar-refractivity contribution in [2.24, 2.45) is 0 Å². The molecule has 4 rings (SSSR count). The summed E-state index contributed by atoms with van der Waals surface area (Å²) in [5, 5.41) is 34.0. The highest BCUT2D eigenvalue weighted by Crippen LogP contribution is 2.37. The largest absolute Gasteiger partial charge is 0.507 e. The van der Waals surface area contributed by atoms with Crippen molar-refractivity contribution >= 4 is 22.6 Å². The van der Waals surface area contributed by atoms with E-state index in [4.69, 9.17) is 5.11 Å². The second-order valence-corrected chi connectivity index (χ2v) is 7.65. The summed E-state index contributed by atoms with van der Waals surface area (Å²) in [4.78, 5) is 23.6. The molecule has 0 aliphatic heterocycles. The third kappa shape index (κ3) is 4.77. The van der Waals surface area contributed by atoms with E-state index in [-0.39, 0.29) is 47.3 Å². The first-order chi connectivity index (χ1) is 15.8. The molecule has 0 unspecified atom stereocenters. The molecule has 0 radical (unpaired) electrons. The molecule has 0 saturated heterocycles. The van der Waals surface area contributed by atoms with Crippen LogP contribution in [0.3, 0.4) is 0 Å². The lowest BCUT2D eigenvalue weighted by Crippen LogP contribution is -2.22. The number of aromatic carboxylic acids is 1. The van der Waals surface area contributed by atoms with Gasteiger partial charge in [0.25, 0.3) is 5.91 Å². The van der Waals surface area contributed by atoms with Crippen molar-refractivity contribution in [3.63, 3.8) is 0 Å². The number of rotatable bonds is 6. The van der Waals surface area contributed by atoms with E-state index in [0.29, 0.717) is 21.9 Å². The van der Waals surface area contributed by atoms with E-state index in [9.17, 15) is 24.2 Å². The van der Waals surface area contributed by atoms with Crippen molar-refractivity contribution in [1.29, 1.82) is 0 Å². The third-order valence-corrected chi connectivity index (χ3v) is 5.41. The van der Waals surface area contributed by atoms with Gasteiger partial charge in [0.1, 0.15) is 17.3 Å². The van der Waals surface area contributed by atoms with Gasteiger partial charge in [0, 0.05) is 29.5 Å². The number of halogens is 1. The Labute approximate surface area is 188 Å². The number of carbonyl (C=O) groups excluding carboxylic acids is 1. The minimum atomic E-state index is -1.04. The van der Waals surface area contributed by atoms with Crippen LogP contribution in [0.4, 0.5) is 4.39 Å². The van der Waals surface area contributed by atoms with E-state index in [1.54, 1.807) is 42.5 Å². The lowest BCUT2D eigenvalue weighted by atomic mass is 9.96. The molecule has 166 valence electrons. The van der Waals surface area contributed by atoms with Gasteiger partial charge < -0.3 is 20.6 Å². The van der Waals surface area contributed by atoms with Crippen LogP contribution in [-0.4, -0.2) is 27.2 Å². The molecule has 4 aromatic carbocycles. The highest BCUT2D eigenvalue weighted by Gasteiger charge is 2.16. The fourth-order valence-electron chi connectivity index (χ4n) is 3.58. The number of carbonyl (C=O) groups is 2. The Bertz CT molecular complexity index is 1350. The molecule has 6 nitrogen and oxygen atoms in total. The first-order valence-corrected chi connectivity index (χ1v) is 10.1. The lowest BCUT2D eigenvalue weighted by molar-refractivity contribution is 0.0696. The molecular formula is C26H20FNO5. The summed E-state index contributed by atoms with van der Waals surface area (Å²) in [6, 6.07) is 18.2. The molecule has 1 amide bonds. The van der Waals surface area contributed by atoms with Crippen molar-refractivity contribution in [1.82, 2.24) is 5.32 Å². The monoisotopic (exact) mass is 445 g/mol.